The minimum absolute atomic E-state index is 0.182. The summed E-state index contributed by atoms with van der Waals surface area (Å²) in [7, 11) is 1.64. The van der Waals surface area contributed by atoms with E-state index in [0.717, 1.165) is 45.1 Å². The molecule has 1 aromatic carbocycles. The number of aliphatic hydroxyl groups excluding tert-OH is 1. The molecule has 254 valence electrons. The van der Waals surface area contributed by atoms with Crippen LogP contribution in [0.15, 0.2) is 53.6 Å². The molecule has 2 saturated heterocycles. The summed E-state index contributed by atoms with van der Waals surface area (Å²) in [5.74, 6) is 0.851. The van der Waals surface area contributed by atoms with E-state index in [1.807, 2.05) is 24.4 Å². The first-order chi connectivity index (χ1) is 23.9. The van der Waals surface area contributed by atoms with Gasteiger partial charge in [-0.1, -0.05) is 0 Å². The van der Waals surface area contributed by atoms with Crippen molar-refractivity contribution in [3.63, 3.8) is 0 Å². The Hall–Kier alpha value is -4.52. The number of halogens is 1. The van der Waals surface area contributed by atoms with Crippen molar-refractivity contribution in [3.8, 4) is 11.1 Å². The molecule has 2 aliphatic carbocycles. The Bertz CT molecular complexity index is 2010. The van der Waals surface area contributed by atoms with Gasteiger partial charge in [-0.25, -0.2) is 9.37 Å². The molecule has 2 atom stereocenters. The summed E-state index contributed by atoms with van der Waals surface area (Å²) >= 11 is 0. The molecule has 4 aromatic rings. The number of fused-ring (bicyclic) bond motifs is 7. The number of carbonyl (C=O) groups excluding carboxylic acids is 1. The third-order valence-electron chi connectivity index (χ3n) is 11.4. The molecule has 3 aliphatic heterocycles. The number of ether oxygens (including phenoxy) is 1. The summed E-state index contributed by atoms with van der Waals surface area (Å²) in [6.45, 7) is 6.03. The van der Waals surface area contributed by atoms with Crippen LogP contribution in [0.4, 0.5) is 27.3 Å². The number of nitrogens with zero attached hydrogens (tertiary/aromatic N) is 6. The van der Waals surface area contributed by atoms with Crippen molar-refractivity contribution in [2.45, 2.75) is 50.3 Å². The molecule has 9 rings (SSSR count). The second-order valence-corrected chi connectivity index (χ2v) is 14.1. The van der Waals surface area contributed by atoms with Crippen LogP contribution < -0.4 is 20.7 Å². The van der Waals surface area contributed by atoms with Crippen molar-refractivity contribution in [1.29, 1.82) is 0 Å². The predicted octanol–water partition coefficient (Wildman–Crippen LogP) is 4.17. The highest BCUT2D eigenvalue weighted by atomic mass is 19.1. The van der Waals surface area contributed by atoms with E-state index in [2.05, 4.69) is 24.7 Å². The van der Waals surface area contributed by atoms with E-state index in [1.165, 1.54) is 47.2 Å². The second-order valence-electron chi connectivity index (χ2n) is 14.1. The quantitative estimate of drug-likeness (QED) is 0.303. The molecule has 5 aliphatic rings. The first-order valence-electron chi connectivity index (χ1n) is 17.4. The fourth-order valence-electron chi connectivity index (χ4n) is 8.77. The van der Waals surface area contributed by atoms with Crippen LogP contribution in [0.1, 0.15) is 58.4 Å². The Labute approximate surface area is 283 Å². The van der Waals surface area contributed by atoms with Gasteiger partial charge in [0.1, 0.15) is 23.0 Å². The molecule has 49 heavy (non-hydrogen) atoms. The fourth-order valence-corrected chi connectivity index (χ4v) is 8.77. The minimum Gasteiger partial charge on any atom is -0.392 e. The van der Waals surface area contributed by atoms with Gasteiger partial charge >= 0.3 is 0 Å². The van der Waals surface area contributed by atoms with Gasteiger partial charge in [-0.15, -0.1) is 0 Å². The van der Waals surface area contributed by atoms with Crippen LogP contribution in [0.3, 0.4) is 0 Å². The Morgan fingerprint density at radius 2 is 1.82 bits per heavy atom. The SMILES string of the molecule is Cn1cc(-c2cc(F)cc(N3CCn4c(cc5c4C4CCC5C4)C3=O)c2CO)cc(Nc2ccc(N3CCN(C4COC4)CC3)cn2)c1=O. The third-order valence-corrected chi connectivity index (χ3v) is 11.4. The normalized spacial score (nSPS) is 22.0. The molecular weight excluding hydrogens is 625 g/mol. The summed E-state index contributed by atoms with van der Waals surface area (Å²) in [6, 6.07) is 10.8. The molecule has 1 saturated carbocycles. The molecule has 12 heteroatoms. The fraction of sp³-hybridized carbons (Fsp3) is 0.432. The van der Waals surface area contributed by atoms with Crippen molar-refractivity contribution in [1.82, 2.24) is 19.0 Å². The molecule has 0 spiro atoms. The number of aliphatic hydroxyl groups is 1. The summed E-state index contributed by atoms with van der Waals surface area (Å²) < 4.78 is 24.4. The Morgan fingerprint density at radius 3 is 2.55 bits per heavy atom. The molecule has 6 heterocycles. The molecule has 0 radical (unpaired) electrons. The smallest absolute Gasteiger partial charge is 0.274 e. The van der Waals surface area contributed by atoms with Gasteiger partial charge < -0.3 is 34.1 Å². The minimum atomic E-state index is -0.529. The van der Waals surface area contributed by atoms with Crippen LogP contribution in [0.2, 0.25) is 0 Å². The van der Waals surface area contributed by atoms with E-state index in [1.54, 1.807) is 24.2 Å². The standard InChI is InChI=1S/C37H40FN7O4/c1-41-18-24(13-31(36(41)47)40-34-5-4-26(17-39-34)42-6-8-43(9-7-42)27-20-49-21-27)28-14-25(38)15-32(30(28)19-46)45-11-10-44-33(37(45)48)16-29-22-2-3-23(12-22)35(29)44/h4-5,13-18,22-23,27,46H,2-3,6-12,19-21H2,1H3,(H,39,40). The van der Waals surface area contributed by atoms with Gasteiger partial charge in [0, 0.05) is 75.3 Å². The number of anilines is 4. The summed E-state index contributed by atoms with van der Waals surface area (Å²) in [4.78, 5) is 38.2. The summed E-state index contributed by atoms with van der Waals surface area (Å²) in [5, 5.41) is 13.8. The third kappa shape index (κ3) is 5.07. The maximum Gasteiger partial charge on any atom is 0.274 e. The van der Waals surface area contributed by atoms with Crippen LogP contribution in [0, 0.1) is 5.82 Å². The highest BCUT2D eigenvalue weighted by molar-refractivity contribution is 6.07. The molecular formula is C37H40FN7O4. The number of nitrogens with one attached hydrogen (secondary N) is 1. The van der Waals surface area contributed by atoms with E-state index < -0.39 is 12.4 Å². The number of hydrogen-bond acceptors (Lipinski definition) is 8. The lowest BCUT2D eigenvalue weighted by atomic mass is 9.97. The van der Waals surface area contributed by atoms with Crippen LogP contribution in [-0.4, -0.2) is 82.0 Å². The number of aromatic nitrogens is 3. The van der Waals surface area contributed by atoms with Crippen molar-refractivity contribution in [3.05, 3.63) is 87.5 Å². The predicted molar refractivity (Wildman–Crippen MR) is 184 cm³/mol. The van der Waals surface area contributed by atoms with Crippen LogP contribution in [0.25, 0.3) is 11.1 Å². The number of piperazine rings is 1. The number of hydrogen-bond donors (Lipinski definition) is 2. The maximum absolute atomic E-state index is 15.4. The van der Waals surface area contributed by atoms with Gasteiger partial charge in [-0.3, -0.25) is 14.5 Å². The molecule has 2 unspecified atom stereocenters. The lowest BCUT2D eigenvalue weighted by molar-refractivity contribution is -0.0660. The topological polar surface area (TPSA) is 108 Å². The zero-order chi connectivity index (χ0) is 33.4. The van der Waals surface area contributed by atoms with E-state index >= 15 is 4.39 Å². The molecule has 1 amide bonds. The highest BCUT2D eigenvalue weighted by Gasteiger charge is 2.43. The summed E-state index contributed by atoms with van der Waals surface area (Å²) in [5.41, 5.74) is 5.99. The van der Waals surface area contributed by atoms with Gasteiger partial charge in [-0.2, -0.15) is 0 Å². The van der Waals surface area contributed by atoms with Gasteiger partial charge in [0.25, 0.3) is 11.5 Å². The lowest BCUT2D eigenvalue weighted by Crippen LogP contribution is -2.56. The van der Waals surface area contributed by atoms with Crippen molar-refractivity contribution >= 4 is 28.8 Å². The molecule has 3 fully saturated rings. The van der Waals surface area contributed by atoms with Gasteiger partial charge in [0.05, 0.1) is 43.4 Å². The van der Waals surface area contributed by atoms with E-state index in [0.29, 0.717) is 64.9 Å². The van der Waals surface area contributed by atoms with Gasteiger partial charge in [-0.05, 0) is 72.7 Å². The van der Waals surface area contributed by atoms with Gasteiger partial charge in [0.2, 0.25) is 0 Å². The number of aryl methyl sites for hydroxylation is 1. The van der Waals surface area contributed by atoms with Crippen LogP contribution in [-0.2, 0) is 24.9 Å². The average molecular weight is 666 g/mol. The molecule has 3 aromatic heterocycles. The Kier molecular flexibility index (Phi) is 7.36. The first kappa shape index (κ1) is 30.5. The number of amides is 1. The van der Waals surface area contributed by atoms with Crippen LogP contribution in [0.5, 0.6) is 0 Å². The maximum atomic E-state index is 15.4. The number of benzene rings is 1. The van der Waals surface area contributed by atoms with Gasteiger partial charge in [0.15, 0.2) is 0 Å². The molecule has 2 bridgehead atoms. The monoisotopic (exact) mass is 665 g/mol. The van der Waals surface area contributed by atoms with Crippen LogP contribution >= 0.6 is 0 Å². The number of pyridine rings is 2. The molecule has 11 nitrogen and oxygen atoms in total. The first-order valence-corrected chi connectivity index (χ1v) is 17.4. The second kappa shape index (κ2) is 11.8. The average Bonchev–Trinajstić information content (AvgIpc) is 3.81. The van der Waals surface area contributed by atoms with Crippen molar-refractivity contribution in [2.75, 3.05) is 61.1 Å². The Balaban J connectivity index is 0.983. The van der Waals surface area contributed by atoms with E-state index in [9.17, 15) is 14.7 Å². The highest BCUT2D eigenvalue weighted by Crippen LogP contribution is 2.54. The number of rotatable bonds is 7. The zero-order valence-electron chi connectivity index (χ0n) is 27.6. The van der Waals surface area contributed by atoms with E-state index in [4.69, 9.17) is 4.74 Å². The zero-order valence-corrected chi connectivity index (χ0v) is 27.6. The van der Waals surface area contributed by atoms with Crippen molar-refractivity contribution in [2.24, 2.45) is 7.05 Å². The summed E-state index contributed by atoms with van der Waals surface area (Å²) in [6.07, 6.45) is 6.96. The van der Waals surface area contributed by atoms with Crippen molar-refractivity contribution < 1.29 is 19.0 Å². The van der Waals surface area contributed by atoms with E-state index in [-0.39, 0.29) is 17.2 Å². The number of carbonyl (C=O) groups is 1. The largest absolute Gasteiger partial charge is 0.392 e. The Morgan fingerprint density at radius 1 is 1.00 bits per heavy atom. The molecule has 2 N–H and O–H groups in total. The lowest BCUT2D eigenvalue weighted by Gasteiger charge is -2.43.